The Morgan fingerprint density at radius 3 is 2.86 bits per heavy atom. The van der Waals surface area contributed by atoms with Crippen LogP contribution in [0, 0.1) is 17.1 Å². The first-order valence-electron chi connectivity index (χ1n) is 6.71. The Labute approximate surface area is 123 Å². The Kier molecular flexibility index (Phi) is 4.85. The zero-order chi connectivity index (χ0) is 15.2. The lowest BCUT2D eigenvalue weighted by Crippen LogP contribution is -2.17. The van der Waals surface area contributed by atoms with Gasteiger partial charge >= 0.3 is 0 Å². The maximum atomic E-state index is 13.8. The number of pyridine rings is 1. The molecule has 1 heterocycles. The first-order valence-corrected chi connectivity index (χ1v) is 6.71. The SMILES string of the molecule is CCNC(C)c1ccnc(Oc2ccc(C#N)cc2F)c1. The lowest BCUT2D eigenvalue weighted by molar-refractivity contribution is 0.426. The average molecular weight is 285 g/mol. The predicted molar refractivity (Wildman–Crippen MR) is 77.5 cm³/mol. The molecule has 0 aliphatic carbocycles. The molecule has 0 bridgehead atoms. The van der Waals surface area contributed by atoms with Gasteiger partial charge in [-0.3, -0.25) is 0 Å². The number of rotatable bonds is 5. The molecule has 0 saturated heterocycles. The Morgan fingerprint density at radius 1 is 1.38 bits per heavy atom. The number of hydrogen-bond acceptors (Lipinski definition) is 4. The number of nitrogens with zero attached hydrogens (tertiary/aromatic N) is 2. The van der Waals surface area contributed by atoms with E-state index in [1.54, 1.807) is 12.3 Å². The summed E-state index contributed by atoms with van der Waals surface area (Å²) in [7, 11) is 0. The van der Waals surface area contributed by atoms with E-state index in [-0.39, 0.29) is 17.4 Å². The smallest absolute Gasteiger partial charge is 0.219 e. The van der Waals surface area contributed by atoms with Gasteiger partial charge in [-0.25, -0.2) is 9.37 Å². The van der Waals surface area contributed by atoms with Crippen LogP contribution in [0.2, 0.25) is 0 Å². The lowest BCUT2D eigenvalue weighted by Gasteiger charge is -2.13. The first kappa shape index (κ1) is 14.9. The fourth-order valence-electron chi connectivity index (χ4n) is 1.94. The Hall–Kier alpha value is -2.45. The minimum absolute atomic E-state index is 0.0507. The van der Waals surface area contributed by atoms with E-state index < -0.39 is 5.82 Å². The van der Waals surface area contributed by atoms with Crippen molar-refractivity contribution in [3.05, 3.63) is 53.5 Å². The number of aromatic nitrogens is 1. The molecule has 1 atom stereocenters. The number of ether oxygens (including phenoxy) is 1. The van der Waals surface area contributed by atoms with Gasteiger partial charge in [0.2, 0.25) is 5.88 Å². The summed E-state index contributed by atoms with van der Waals surface area (Å²) in [4.78, 5) is 4.08. The fourth-order valence-corrected chi connectivity index (χ4v) is 1.94. The molecule has 4 nitrogen and oxygen atoms in total. The zero-order valence-electron chi connectivity index (χ0n) is 11.9. The fraction of sp³-hybridized carbons (Fsp3) is 0.250. The van der Waals surface area contributed by atoms with Crippen molar-refractivity contribution in [2.24, 2.45) is 0 Å². The van der Waals surface area contributed by atoms with E-state index in [1.807, 2.05) is 26.0 Å². The summed E-state index contributed by atoms with van der Waals surface area (Å²) < 4.78 is 19.2. The molecule has 0 saturated carbocycles. The second-order valence-corrected chi connectivity index (χ2v) is 4.57. The molecule has 1 N–H and O–H groups in total. The molecule has 1 aromatic carbocycles. The van der Waals surface area contributed by atoms with Crippen LogP contribution in [-0.2, 0) is 0 Å². The largest absolute Gasteiger partial charge is 0.436 e. The molecular weight excluding hydrogens is 269 g/mol. The van der Waals surface area contributed by atoms with Crippen molar-refractivity contribution < 1.29 is 9.13 Å². The third-order valence-electron chi connectivity index (χ3n) is 3.04. The van der Waals surface area contributed by atoms with Crippen LogP contribution < -0.4 is 10.1 Å². The summed E-state index contributed by atoms with van der Waals surface area (Å²) in [6.07, 6.45) is 1.63. The minimum atomic E-state index is -0.582. The van der Waals surface area contributed by atoms with E-state index in [0.29, 0.717) is 5.88 Å². The minimum Gasteiger partial charge on any atom is -0.436 e. The van der Waals surface area contributed by atoms with Crippen molar-refractivity contribution >= 4 is 0 Å². The highest BCUT2D eigenvalue weighted by atomic mass is 19.1. The van der Waals surface area contributed by atoms with E-state index in [2.05, 4.69) is 10.3 Å². The van der Waals surface area contributed by atoms with Gasteiger partial charge in [-0.15, -0.1) is 0 Å². The van der Waals surface area contributed by atoms with Crippen LogP contribution in [0.4, 0.5) is 4.39 Å². The Balaban J connectivity index is 2.20. The number of nitriles is 1. The molecule has 108 valence electrons. The molecule has 0 amide bonds. The number of hydrogen-bond donors (Lipinski definition) is 1. The Bertz CT molecular complexity index is 667. The second kappa shape index (κ2) is 6.82. The van der Waals surface area contributed by atoms with Crippen LogP contribution in [0.25, 0.3) is 0 Å². The van der Waals surface area contributed by atoms with Crippen molar-refractivity contribution in [2.45, 2.75) is 19.9 Å². The first-order chi connectivity index (χ1) is 10.1. The van der Waals surface area contributed by atoms with Gasteiger partial charge in [-0.05, 0) is 43.3 Å². The summed E-state index contributed by atoms with van der Waals surface area (Å²) in [6, 6.07) is 9.76. The maximum absolute atomic E-state index is 13.8. The molecule has 0 fully saturated rings. The maximum Gasteiger partial charge on any atom is 0.219 e. The van der Waals surface area contributed by atoms with E-state index in [0.717, 1.165) is 18.2 Å². The number of halogens is 1. The summed E-state index contributed by atoms with van der Waals surface area (Å²) in [5.41, 5.74) is 1.26. The summed E-state index contributed by atoms with van der Waals surface area (Å²) in [5.74, 6) is -0.211. The molecule has 0 spiro atoms. The van der Waals surface area contributed by atoms with Gasteiger partial charge in [0.1, 0.15) is 0 Å². The van der Waals surface area contributed by atoms with Crippen molar-refractivity contribution in [2.75, 3.05) is 6.54 Å². The second-order valence-electron chi connectivity index (χ2n) is 4.57. The van der Waals surface area contributed by atoms with Crippen LogP contribution in [-0.4, -0.2) is 11.5 Å². The Morgan fingerprint density at radius 2 is 2.19 bits per heavy atom. The van der Waals surface area contributed by atoms with E-state index in [4.69, 9.17) is 10.00 Å². The number of benzene rings is 1. The van der Waals surface area contributed by atoms with Gasteiger partial charge in [0, 0.05) is 18.3 Å². The van der Waals surface area contributed by atoms with Crippen LogP contribution >= 0.6 is 0 Å². The molecule has 0 aliphatic heterocycles. The van der Waals surface area contributed by atoms with E-state index in [9.17, 15) is 4.39 Å². The van der Waals surface area contributed by atoms with Gasteiger partial charge < -0.3 is 10.1 Å². The van der Waals surface area contributed by atoms with Gasteiger partial charge in [0.25, 0.3) is 0 Å². The van der Waals surface area contributed by atoms with Gasteiger partial charge in [0.15, 0.2) is 11.6 Å². The summed E-state index contributed by atoms with van der Waals surface area (Å²) in [6.45, 7) is 4.91. The predicted octanol–water partition coefficient (Wildman–Crippen LogP) is 3.56. The zero-order valence-corrected chi connectivity index (χ0v) is 11.9. The average Bonchev–Trinajstić information content (AvgIpc) is 2.50. The van der Waals surface area contributed by atoms with Crippen molar-refractivity contribution in [3.8, 4) is 17.7 Å². The highest BCUT2D eigenvalue weighted by Crippen LogP contribution is 2.25. The van der Waals surface area contributed by atoms with Crippen LogP contribution in [0.15, 0.2) is 36.5 Å². The summed E-state index contributed by atoms with van der Waals surface area (Å²) in [5, 5.41) is 12.0. The van der Waals surface area contributed by atoms with Crippen LogP contribution in [0.1, 0.15) is 31.0 Å². The number of nitrogens with one attached hydrogen (secondary N) is 1. The molecule has 5 heteroatoms. The highest BCUT2D eigenvalue weighted by Gasteiger charge is 2.09. The molecule has 21 heavy (non-hydrogen) atoms. The normalized spacial score (nSPS) is 11.7. The lowest BCUT2D eigenvalue weighted by atomic mass is 10.1. The van der Waals surface area contributed by atoms with Gasteiger partial charge in [-0.1, -0.05) is 6.92 Å². The quantitative estimate of drug-likeness (QED) is 0.912. The third-order valence-corrected chi connectivity index (χ3v) is 3.04. The molecule has 1 aromatic heterocycles. The van der Waals surface area contributed by atoms with Crippen molar-refractivity contribution in [3.63, 3.8) is 0 Å². The molecule has 0 radical (unpaired) electrons. The van der Waals surface area contributed by atoms with Crippen LogP contribution in [0.3, 0.4) is 0 Å². The van der Waals surface area contributed by atoms with Gasteiger partial charge in [-0.2, -0.15) is 5.26 Å². The highest BCUT2D eigenvalue weighted by molar-refractivity contribution is 5.38. The van der Waals surface area contributed by atoms with Crippen molar-refractivity contribution in [1.29, 1.82) is 5.26 Å². The third kappa shape index (κ3) is 3.77. The summed E-state index contributed by atoms with van der Waals surface area (Å²) >= 11 is 0. The molecular formula is C16H16FN3O. The topological polar surface area (TPSA) is 57.9 Å². The molecule has 0 aliphatic rings. The van der Waals surface area contributed by atoms with Crippen LogP contribution in [0.5, 0.6) is 11.6 Å². The molecule has 2 aromatic rings. The monoisotopic (exact) mass is 285 g/mol. The standard InChI is InChI=1S/C16H16FN3O/c1-3-19-11(2)13-6-7-20-16(9-13)21-15-5-4-12(10-18)8-14(15)17/h4-9,11,19H,3H2,1-2H3. The van der Waals surface area contributed by atoms with Gasteiger partial charge in [0.05, 0.1) is 11.6 Å². The molecule has 2 rings (SSSR count). The molecule has 1 unspecified atom stereocenters. The van der Waals surface area contributed by atoms with Crippen molar-refractivity contribution in [1.82, 2.24) is 10.3 Å². The van der Waals surface area contributed by atoms with E-state index in [1.165, 1.54) is 12.1 Å². The van der Waals surface area contributed by atoms with E-state index >= 15 is 0 Å².